The van der Waals surface area contributed by atoms with Gasteiger partial charge in [-0.3, -0.25) is 4.79 Å². The minimum atomic E-state index is 0.331. The third-order valence-electron chi connectivity index (χ3n) is 1.72. The molecule has 0 aromatic heterocycles. The zero-order chi connectivity index (χ0) is 10.4. The van der Waals surface area contributed by atoms with Gasteiger partial charge in [0.05, 0.1) is 5.75 Å². The molecule has 0 atom stereocenters. The maximum absolute atomic E-state index is 11.3. The number of ketones is 1. The van der Waals surface area contributed by atoms with E-state index in [0.717, 1.165) is 15.8 Å². The van der Waals surface area contributed by atoms with Gasteiger partial charge in [-0.1, -0.05) is 28.9 Å². The maximum Gasteiger partial charge on any atom is 0.143 e. The van der Waals surface area contributed by atoms with Crippen LogP contribution in [0.15, 0.2) is 33.6 Å². The fourth-order valence-corrected chi connectivity index (χ4v) is 2.48. The van der Waals surface area contributed by atoms with Crippen LogP contribution < -0.4 is 0 Å². The van der Waals surface area contributed by atoms with Gasteiger partial charge in [-0.25, -0.2) is 0 Å². The smallest absolute Gasteiger partial charge is 0.143 e. The molecule has 0 aliphatic heterocycles. The van der Waals surface area contributed by atoms with E-state index in [1.54, 1.807) is 11.8 Å². The lowest BCUT2D eigenvalue weighted by Gasteiger charge is -2.00. The topological polar surface area (TPSA) is 17.1 Å². The summed E-state index contributed by atoms with van der Waals surface area (Å²) in [6.07, 6.45) is 1.64. The number of hydrogen-bond acceptors (Lipinski definition) is 2. The summed E-state index contributed by atoms with van der Waals surface area (Å²) in [5.41, 5.74) is 0. The van der Waals surface area contributed by atoms with Crippen molar-refractivity contribution in [2.24, 2.45) is 0 Å². The van der Waals surface area contributed by atoms with Crippen molar-refractivity contribution in [3.63, 3.8) is 0 Å². The van der Waals surface area contributed by atoms with Crippen LogP contribution in [-0.2, 0) is 4.79 Å². The molecule has 0 fully saturated rings. The minimum absolute atomic E-state index is 0.331. The molecule has 76 valence electrons. The molecule has 0 amide bonds. The van der Waals surface area contributed by atoms with Crippen LogP contribution in [0.4, 0.5) is 0 Å². The number of thioether (sulfide) groups is 1. The van der Waals surface area contributed by atoms with E-state index in [1.165, 1.54) is 0 Å². The molecule has 1 rings (SSSR count). The number of halogens is 1. The molecule has 0 unspecified atom stereocenters. The second-order valence-electron chi connectivity index (χ2n) is 3.03. The van der Waals surface area contributed by atoms with Crippen LogP contribution in [0, 0.1) is 0 Å². The number of rotatable bonds is 5. The lowest BCUT2D eigenvalue weighted by molar-refractivity contribution is -0.116. The van der Waals surface area contributed by atoms with Crippen LogP contribution in [0.2, 0.25) is 0 Å². The van der Waals surface area contributed by atoms with Crippen molar-refractivity contribution in [1.29, 1.82) is 0 Å². The van der Waals surface area contributed by atoms with Crippen LogP contribution >= 0.6 is 27.7 Å². The number of benzene rings is 1. The molecule has 3 heteroatoms. The van der Waals surface area contributed by atoms with Crippen molar-refractivity contribution in [2.45, 2.75) is 24.7 Å². The molecule has 0 saturated carbocycles. The average molecular weight is 273 g/mol. The first-order chi connectivity index (χ1) is 6.72. The standard InChI is InChI=1S/C11H13BrOS/c1-2-4-10(13)8-14-11-6-3-5-9(12)7-11/h3,5-7H,2,4,8H2,1H3. The van der Waals surface area contributed by atoms with Gasteiger partial charge in [-0.15, -0.1) is 11.8 Å². The zero-order valence-electron chi connectivity index (χ0n) is 8.13. The molecular weight excluding hydrogens is 260 g/mol. The molecule has 1 nitrogen and oxygen atoms in total. The van der Waals surface area contributed by atoms with Crippen molar-refractivity contribution in [3.8, 4) is 0 Å². The van der Waals surface area contributed by atoms with Gasteiger partial charge < -0.3 is 0 Å². The molecule has 0 bridgehead atoms. The van der Waals surface area contributed by atoms with Crippen molar-refractivity contribution < 1.29 is 4.79 Å². The van der Waals surface area contributed by atoms with E-state index in [4.69, 9.17) is 0 Å². The van der Waals surface area contributed by atoms with E-state index in [-0.39, 0.29) is 0 Å². The van der Waals surface area contributed by atoms with Crippen LogP contribution in [0.5, 0.6) is 0 Å². The van der Waals surface area contributed by atoms with E-state index in [1.807, 2.05) is 31.2 Å². The van der Waals surface area contributed by atoms with Crippen molar-refractivity contribution in [1.82, 2.24) is 0 Å². The van der Waals surface area contributed by atoms with Gasteiger partial charge in [0.15, 0.2) is 0 Å². The normalized spacial score (nSPS) is 10.1. The second-order valence-corrected chi connectivity index (χ2v) is 5.00. The third kappa shape index (κ3) is 4.29. The Bertz CT molecular complexity index is 312. The SMILES string of the molecule is CCCC(=O)CSc1cccc(Br)c1. The van der Waals surface area contributed by atoms with Gasteiger partial charge in [0.1, 0.15) is 5.78 Å². The van der Waals surface area contributed by atoms with Crippen LogP contribution in [-0.4, -0.2) is 11.5 Å². The van der Waals surface area contributed by atoms with E-state index in [9.17, 15) is 4.79 Å². The average Bonchev–Trinajstić information content (AvgIpc) is 2.15. The maximum atomic E-state index is 11.3. The Morgan fingerprint density at radius 1 is 1.50 bits per heavy atom. The minimum Gasteiger partial charge on any atom is -0.299 e. The van der Waals surface area contributed by atoms with Crippen LogP contribution in [0.1, 0.15) is 19.8 Å². The Hall–Kier alpha value is -0.280. The molecule has 0 N–H and O–H groups in total. The van der Waals surface area contributed by atoms with E-state index in [0.29, 0.717) is 18.0 Å². The van der Waals surface area contributed by atoms with Crippen molar-refractivity contribution in [2.75, 3.05) is 5.75 Å². The highest BCUT2D eigenvalue weighted by Crippen LogP contribution is 2.22. The number of Topliss-reactive ketones (excluding diaryl/α,β-unsaturated/α-hetero) is 1. The lowest BCUT2D eigenvalue weighted by Crippen LogP contribution is -1.99. The highest BCUT2D eigenvalue weighted by atomic mass is 79.9. The fourth-order valence-electron chi connectivity index (χ4n) is 1.07. The summed E-state index contributed by atoms with van der Waals surface area (Å²) in [6, 6.07) is 8.02. The molecular formula is C11H13BrOS. The van der Waals surface area contributed by atoms with Gasteiger partial charge in [0.25, 0.3) is 0 Å². The molecule has 1 aromatic rings. The predicted octanol–water partition coefficient (Wildman–Crippen LogP) is 3.91. The number of hydrogen-bond donors (Lipinski definition) is 0. The summed E-state index contributed by atoms with van der Waals surface area (Å²) in [5.74, 6) is 0.919. The monoisotopic (exact) mass is 272 g/mol. The fraction of sp³-hybridized carbons (Fsp3) is 0.364. The molecule has 0 aliphatic rings. The van der Waals surface area contributed by atoms with Gasteiger partial charge >= 0.3 is 0 Å². The first-order valence-electron chi connectivity index (χ1n) is 4.62. The quantitative estimate of drug-likeness (QED) is 0.756. The summed E-state index contributed by atoms with van der Waals surface area (Å²) >= 11 is 5.00. The Morgan fingerprint density at radius 2 is 2.29 bits per heavy atom. The predicted molar refractivity (Wildman–Crippen MR) is 64.8 cm³/mol. The zero-order valence-corrected chi connectivity index (χ0v) is 10.5. The van der Waals surface area contributed by atoms with Crippen LogP contribution in [0.25, 0.3) is 0 Å². The van der Waals surface area contributed by atoms with Gasteiger partial charge in [-0.2, -0.15) is 0 Å². The van der Waals surface area contributed by atoms with Crippen LogP contribution in [0.3, 0.4) is 0 Å². The molecule has 14 heavy (non-hydrogen) atoms. The lowest BCUT2D eigenvalue weighted by atomic mass is 10.3. The van der Waals surface area contributed by atoms with E-state index >= 15 is 0 Å². The summed E-state index contributed by atoms with van der Waals surface area (Å²) in [7, 11) is 0. The summed E-state index contributed by atoms with van der Waals surface area (Å²) in [4.78, 5) is 12.4. The number of carbonyl (C=O) groups is 1. The highest BCUT2D eigenvalue weighted by Gasteiger charge is 2.01. The Labute approximate surface area is 97.4 Å². The molecule has 0 aliphatic carbocycles. The Morgan fingerprint density at radius 3 is 2.93 bits per heavy atom. The highest BCUT2D eigenvalue weighted by molar-refractivity contribution is 9.10. The molecule has 0 spiro atoms. The second kappa shape index (κ2) is 6.25. The molecule has 0 radical (unpaired) electrons. The third-order valence-corrected chi connectivity index (χ3v) is 3.27. The Balaban J connectivity index is 2.41. The van der Waals surface area contributed by atoms with E-state index < -0.39 is 0 Å². The van der Waals surface area contributed by atoms with E-state index in [2.05, 4.69) is 15.9 Å². The number of carbonyl (C=O) groups excluding carboxylic acids is 1. The first kappa shape index (κ1) is 11.8. The summed E-state index contributed by atoms with van der Waals surface area (Å²) < 4.78 is 1.06. The van der Waals surface area contributed by atoms with Gasteiger partial charge in [-0.05, 0) is 24.6 Å². The van der Waals surface area contributed by atoms with Gasteiger partial charge in [0, 0.05) is 15.8 Å². The largest absolute Gasteiger partial charge is 0.299 e. The van der Waals surface area contributed by atoms with Crippen molar-refractivity contribution >= 4 is 33.5 Å². The van der Waals surface area contributed by atoms with Crippen molar-refractivity contribution in [3.05, 3.63) is 28.7 Å². The Kier molecular flexibility index (Phi) is 5.26. The molecule has 0 heterocycles. The summed E-state index contributed by atoms with van der Waals surface area (Å²) in [6.45, 7) is 2.03. The molecule has 0 saturated heterocycles. The molecule has 1 aromatic carbocycles. The first-order valence-corrected chi connectivity index (χ1v) is 6.40. The van der Waals surface area contributed by atoms with Gasteiger partial charge in [0.2, 0.25) is 0 Å². The summed E-state index contributed by atoms with van der Waals surface area (Å²) in [5, 5.41) is 0.